The normalized spacial score (nSPS) is 10.0. The molecule has 0 saturated carbocycles. The molecule has 0 bridgehead atoms. The highest BCUT2D eigenvalue weighted by atomic mass is 32.1. The van der Waals surface area contributed by atoms with Crippen molar-refractivity contribution in [3.63, 3.8) is 0 Å². The first-order valence-electron chi connectivity index (χ1n) is 8.67. The van der Waals surface area contributed by atoms with E-state index >= 15 is 0 Å². The second kappa shape index (κ2) is 9.53. The number of rotatable bonds is 6. The summed E-state index contributed by atoms with van der Waals surface area (Å²) in [5.74, 6) is 1.05. The molecule has 28 heavy (non-hydrogen) atoms. The number of ether oxygens (including phenoxy) is 2. The van der Waals surface area contributed by atoms with Crippen molar-refractivity contribution in [1.29, 1.82) is 0 Å². The second-order valence-corrected chi connectivity index (χ2v) is 6.35. The number of thiocarbonyl (C=S) groups is 1. The van der Waals surface area contributed by atoms with E-state index in [1.165, 1.54) is 0 Å². The summed E-state index contributed by atoms with van der Waals surface area (Å²) in [5, 5.41) is 5.85. The summed E-state index contributed by atoms with van der Waals surface area (Å²) in [7, 11) is 1.55. The van der Waals surface area contributed by atoms with Crippen molar-refractivity contribution in [3.8, 4) is 11.5 Å². The molecule has 142 valence electrons. The quantitative estimate of drug-likeness (QED) is 0.609. The molecule has 2 N–H and O–H groups in total. The maximum atomic E-state index is 12.3. The average molecular weight is 392 g/mol. The molecule has 3 rings (SSSR count). The van der Waals surface area contributed by atoms with Gasteiger partial charge in [0, 0.05) is 11.3 Å². The Morgan fingerprint density at radius 1 is 0.929 bits per heavy atom. The summed E-state index contributed by atoms with van der Waals surface area (Å²) in [6, 6.07) is 24.2. The van der Waals surface area contributed by atoms with Gasteiger partial charge in [0.1, 0.15) is 18.1 Å². The Hall–Kier alpha value is -3.38. The molecule has 0 saturated heterocycles. The van der Waals surface area contributed by atoms with E-state index < -0.39 is 0 Å². The number of amides is 1. The molecular formula is C22H20N2O3S. The second-order valence-electron chi connectivity index (χ2n) is 5.94. The Morgan fingerprint density at radius 2 is 1.68 bits per heavy atom. The zero-order valence-corrected chi connectivity index (χ0v) is 16.2. The molecule has 0 fully saturated rings. The van der Waals surface area contributed by atoms with Gasteiger partial charge in [-0.05, 0) is 60.2 Å². The molecule has 3 aromatic rings. The number of carbonyl (C=O) groups is 1. The van der Waals surface area contributed by atoms with E-state index in [-0.39, 0.29) is 11.0 Å². The molecule has 0 aliphatic heterocycles. The number of methoxy groups -OCH3 is 1. The van der Waals surface area contributed by atoms with Crippen LogP contribution in [-0.4, -0.2) is 18.1 Å². The summed E-state index contributed by atoms with van der Waals surface area (Å²) in [6.07, 6.45) is 0. The van der Waals surface area contributed by atoms with Crippen LogP contribution in [0.3, 0.4) is 0 Å². The first-order chi connectivity index (χ1) is 13.6. The third-order valence-electron chi connectivity index (χ3n) is 3.92. The molecular weight excluding hydrogens is 372 g/mol. The van der Waals surface area contributed by atoms with Gasteiger partial charge in [-0.1, -0.05) is 36.4 Å². The Morgan fingerprint density at radius 3 is 2.39 bits per heavy atom. The van der Waals surface area contributed by atoms with Crippen LogP contribution in [-0.2, 0) is 6.61 Å². The molecule has 0 aliphatic carbocycles. The first kappa shape index (κ1) is 19.4. The van der Waals surface area contributed by atoms with E-state index in [9.17, 15) is 4.79 Å². The van der Waals surface area contributed by atoms with Gasteiger partial charge < -0.3 is 14.8 Å². The molecule has 0 atom stereocenters. The van der Waals surface area contributed by atoms with Crippen LogP contribution in [0.15, 0.2) is 78.9 Å². The van der Waals surface area contributed by atoms with Crippen molar-refractivity contribution in [1.82, 2.24) is 5.32 Å². The third-order valence-corrected chi connectivity index (χ3v) is 4.12. The Balaban J connectivity index is 1.51. The molecule has 5 nitrogen and oxygen atoms in total. The zero-order valence-electron chi connectivity index (χ0n) is 15.3. The van der Waals surface area contributed by atoms with Gasteiger partial charge in [-0.2, -0.15) is 0 Å². The van der Waals surface area contributed by atoms with Gasteiger partial charge in [0.25, 0.3) is 5.91 Å². The fourth-order valence-electron chi connectivity index (χ4n) is 2.48. The van der Waals surface area contributed by atoms with Crippen molar-refractivity contribution < 1.29 is 14.3 Å². The Kier molecular flexibility index (Phi) is 6.59. The summed E-state index contributed by atoms with van der Waals surface area (Å²) in [6.45, 7) is 0.503. The number of carbonyl (C=O) groups excluding carboxylic acids is 1. The predicted octanol–water partition coefficient (Wildman–Crippen LogP) is 4.40. The summed E-state index contributed by atoms with van der Waals surface area (Å²) in [5.41, 5.74) is 2.32. The number of hydrogen-bond acceptors (Lipinski definition) is 4. The molecule has 1 amide bonds. The molecule has 0 spiro atoms. The number of anilines is 1. The lowest BCUT2D eigenvalue weighted by atomic mass is 10.2. The number of hydrogen-bond donors (Lipinski definition) is 2. The molecule has 0 unspecified atom stereocenters. The molecule has 0 aliphatic rings. The number of nitrogens with one attached hydrogen (secondary N) is 2. The number of benzene rings is 3. The molecule has 0 aromatic heterocycles. The van der Waals surface area contributed by atoms with Crippen molar-refractivity contribution in [3.05, 3.63) is 90.0 Å². The monoisotopic (exact) mass is 392 g/mol. The van der Waals surface area contributed by atoms with Gasteiger partial charge in [0.05, 0.1) is 7.11 Å². The van der Waals surface area contributed by atoms with Gasteiger partial charge in [0.15, 0.2) is 5.11 Å². The smallest absolute Gasteiger partial charge is 0.257 e. The van der Waals surface area contributed by atoms with Crippen molar-refractivity contribution in [2.75, 3.05) is 12.4 Å². The summed E-state index contributed by atoms with van der Waals surface area (Å²) in [4.78, 5) is 12.3. The molecule has 3 aromatic carbocycles. The van der Waals surface area contributed by atoms with Crippen LogP contribution in [0.1, 0.15) is 15.9 Å². The Bertz CT molecular complexity index is 944. The SMILES string of the molecule is COc1cccc(C(=O)NC(=S)Nc2ccc(OCc3ccccc3)cc2)c1. The van der Waals surface area contributed by atoms with Crippen LogP contribution in [0.5, 0.6) is 11.5 Å². The van der Waals surface area contributed by atoms with E-state index in [0.717, 1.165) is 17.0 Å². The van der Waals surface area contributed by atoms with Gasteiger partial charge in [0.2, 0.25) is 0 Å². The predicted molar refractivity (Wildman–Crippen MR) is 114 cm³/mol. The van der Waals surface area contributed by atoms with Gasteiger partial charge in [-0.3, -0.25) is 10.1 Å². The lowest BCUT2D eigenvalue weighted by molar-refractivity contribution is 0.0977. The van der Waals surface area contributed by atoms with Crippen molar-refractivity contribution in [2.45, 2.75) is 6.61 Å². The van der Waals surface area contributed by atoms with E-state index in [0.29, 0.717) is 17.9 Å². The third kappa shape index (κ3) is 5.56. The summed E-state index contributed by atoms with van der Waals surface area (Å²) >= 11 is 5.22. The zero-order chi connectivity index (χ0) is 19.8. The fraction of sp³-hybridized carbons (Fsp3) is 0.0909. The topological polar surface area (TPSA) is 59.6 Å². The average Bonchev–Trinajstić information content (AvgIpc) is 2.74. The van der Waals surface area contributed by atoms with Crippen molar-refractivity contribution >= 4 is 28.9 Å². The van der Waals surface area contributed by atoms with E-state index in [2.05, 4.69) is 10.6 Å². The van der Waals surface area contributed by atoms with Crippen molar-refractivity contribution in [2.24, 2.45) is 0 Å². The van der Waals surface area contributed by atoms with Crippen LogP contribution >= 0.6 is 12.2 Å². The van der Waals surface area contributed by atoms with E-state index in [1.807, 2.05) is 54.6 Å². The fourth-order valence-corrected chi connectivity index (χ4v) is 2.69. The van der Waals surface area contributed by atoms with Gasteiger partial charge >= 0.3 is 0 Å². The lowest BCUT2D eigenvalue weighted by Gasteiger charge is -2.11. The molecule has 0 heterocycles. The minimum Gasteiger partial charge on any atom is -0.497 e. The van der Waals surface area contributed by atoms with Crippen LogP contribution < -0.4 is 20.1 Å². The highest BCUT2D eigenvalue weighted by Crippen LogP contribution is 2.17. The van der Waals surface area contributed by atoms with Gasteiger partial charge in [-0.25, -0.2) is 0 Å². The maximum absolute atomic E-state index is 12.3. The van der Waals surface area contributed by atoms with Crippen LogP contribution in [0.4, 0.5) is 5.69 Å². The highest BCUT2D eigenvalue weighted by Gasteiger charge is 2.09. The molecule has 0 radical (unpaired) electrons. The van der Waals surface area contributed by atoms with Gasteiger partial charge in [-0.15, -0.1) is 0 Å². The maximum Gasteiger partial charge on any atom is 0.257 e. The van der Waals surface area contributed by atoms with E-state index in [4.69, 9.17) is 21.7 Å². The minimum absolute atomic E-state index is 0.214. The Labute approximate surface area is 169 Å². The van der Waals surface area contributed by atoms with Crippen LogP contribution in [0.2, 0.25) is 0 Å². The van der Waals surface area contributed by atoms with Crippen LogP contribution in [0, 0.1) is 0 Å². The largest absolute Gasteiger partial charge is 0.497 e. The van der Waals surface area contributed by atoms with E-state index in [1.54, 1.807) is 31.4 Å². The lowest BCUT2D eigenvalue weighted by Crippen LogP contribution is -2.34. The summed E-state index contributed by atoms with van der Waals surface area (Å²) < 4.78 is 10.9. The minimum atomic E-state index is -0.306. The highest BCUT2D eigenvalue weighted by molar-refractivity contribution is 7.80. The molecule has 6 heteroatoms. The standard InChI is InChI=1S/C22H20N2O3S/c1-26-20-9-5-8-17(14-20)21(25)24-22(28)23-18-10-12-19(13-11-18)27-15-16-6-3-2-4-7-16/h2-14H,15H2,1H3,(H2,23,24,25,28). The first-order valence-corrected chi connectivity index (χ1v) is 9.08. The van der Waals surface area contributed by atoms with Crippen LogP contribution in [0.25, 0.3) is 0 Å².